The molecule has 1 saturated heterocycles. The minimum atomic E-state index is -0.773. The Bertz CT molecular complexity index is 816. The Morgan fingerprint density at radius 2 is 2.07 bits per heavy atom. The van der Waals surface area contributed by atoms with Crippen molar-refractivity contribution in [2.75, 3.05) is 13.1 Å². The number of rotatable bonds is 4. The highest BCUT2D eigenvalue weighted by Gasteiger charge is 2.42. The average molecular weight is 397 g/mol. The number of nitrogens with zero attached hydrogens (tertiary/aromatic N) is 2. The molecule has 1 atom stereocenters. The molecule has 0 bridgehead atoms. The Morgan fingerprint density at radius 3 is 2.70 bits per heavy atom. The molecule has 1 aliphatic heterocycles. The van der Waals surface area contributed by atoms with Gasteiger partial charge in [0.15, 0.2) is 0 Å². The predicted octanol–water partition coefficient (Wildman–Crippen LogP) is 3.32. The zero-order valence-electron chi connectivity index (χ0n) is 14.9. The lowest BCUT2D eigenvalue weighted by atomic mass is 9.71. The quantitative estimate of drug-likeness (QED) is 0.833. The van der Waals surface area contributed by atoms with Crippen LogP contribution in [0.25, 0.3) is 0 Å². The minimum Gasteiger partial charge on any atom is -0.341 e. The largest absolute Gasteiger partial charge is 0.341 e. The fourth-order valence-corrected chi connectivity index (χ4v) is 3.87. The van der Waals surface area contributed by atoms with Gasteiger partial charge in [-0.25, -0.2) is 8.78 Å². The normalized spacial score (nSPS) is 21.0. The lowest BCUT2D eigenvalue weighted by molar-refractivity contribution is 0.0811. The summed E-state index contributed by atoms with van der Waals surface area (Å²) >= 11 is 0. The van der Waals surface area contributed by atoms with Gasteiger partial charge in [-0.2, -0.15) is 5.10 Å². The maximum Gasteiger partial charge on any atom is 0.272 e. The first-order chi connectivity index (χ1) is 12.6. The van der Waals surface area contributed by atoms with Crippen molar-refractivity contribution in [1.29, 1.82) is 0 Å². The molecule has 1 aliphatic carbocycles. The highest BCUT2D eigenvalue weighted by molar-refractivity contribution is 5.92. The molecule has 1 aromatic carbocycles. The fourth-order valence-electron chi connectivity index (χ4n) is 3.87. The van der Waals surface area contributed by atoms with Gasteiger partial charge in [0.2, 0.25) is 0 Å². The summed E-state index contributed by atoms with van der Waals surface area (Å²) in [5.41, 5.74) is -0.107. The molecule has 2 N–H and O–H groups in total. The van der Waals surface area contributed by atoms with E-state index < -0.39 is 17.2 Å². The van der Waals surface area contributed by atoms with Gasteiger partial charge in [0, 0.05) is 24.4 Å². The molecule has 1 unspecified atom stereocenters. The van der Waals surface area contributed by atoms with Gasteiger partial charge in [-0.15, -0.1) is 12.4 Å². The van der Waals surface area contributed by atoms with E-state index in [1.165, 1.54) is 12.1 Å². The van der Waals surface area contributed by atoms with Crippen LogP contribution in [0.3, 0.4) is 0 Å². The van der Waals surface area contributed by atoms with Crippen LogP contribution < -0.4 is 10.6 Å². The Hall–Kier alpha value is -1.99. The first-order valence-corrected chi connectivity index (χ1v) is 9.11. The number of carbonyl (C=O) groups excluding carboxylic acids is 1. The van der Waals surface area contributed by atoms with Crippen molar-refractivity contribution in [3.05, 3.63) is 53.4 Å². The second-order valence-corrected chi connectivity index (χ2v) is 7.20. The second-order valence-electron chi connectivity index (χ2n) is 7.20. The first-order valence-electron chi connectivity index (χ1n) is 9.11. The Labute approximate surface area is 162 Å². The fraction of sp³-hybridized carbons (Fsp3) is 0.474. The standard InChI is InChI=1S/C19H22F2N4O.ClH/c20-13-4-5-15(16(21)11-13)19(7-2-8-19)23-18(26)17-6-10-25(24-17)14-3-1-9-22-12-14;/h4-6,10-11,14,22H,1-3,7-9,12H2,(H,23,26);1H. The van der Waals surface area contributed by atoms with Gasteiger partial charge in [0.05, 0.1) is 11.6 Å². The summed E-state index contributed by atoms with van der Waals surface area (Å²) in [6.07, 6.45) is 6.08. The van der Waals surface area contributed by atoms with Crippen LogP contribution in [0.2, 0.25) is 0 Å². The van der Waals surface area contributed by atoms with Crippen molar-refractivity contribution in [2.45, 2.75) is 43.7 Å². The maximum absolute atomic E-state index is 14.2. The summed E-state index contributed by atoms with van der Waals surface area (Å²) in [5, 5.41) is 10.7. The number of hydrogen-bond donors (Lipinski definition) is 2. The van der Waals surface area contributed by atoms with E-state index >= 15 is 0 Å². The summed E-state index contributed by atoms with van der Waals surface area (Å²) in [4.78, 5) is 12.7. The number of hydrogen-bond acceptors (Lipinski definition) is 3. The summed E-state index contributed by atoms with van der Waals surface area (Å²) < 4.78 is 29.3. The van der Waals surface area contributed by atoms with E-state index in [2.05, 4.69) is 15.7 Å². The number of carbonyl (C=O) groups is 1. The molecule has 4 rings (SSSR count). The highest BCUT2D eigenvalue weighted by Crippen LogP contribution is 2.42. The van der Waals surface area contributed by atoms with Gasteiger partial charge < -0.3 is 10.6 Å². The number of piperidine rings is 1. The maximum atomic E-state index is 14.2. The molecule has 5 nitrogen and oxygen atoms in total. The first kappa shape index (κ1) is 19.8. The van der Waals surface area contributed by atoms with E-state index in [9.17, 15) is 13.6 Å². The predicted molar refractivity (Wildman–Crippen MR) is 100.0 cm³/mol. The van der Waals surface area contributed by atoms with E-state index in [0.717, 1.165) is 38.4 Å². The lowest BCUT2D eigenvalue weighted by Gasteiger charge is -2.43. The molecule has 0 radical (unpaired) electrons. The summed E-state index contributed by atoms with van der Waals surface area (Å²) in [7, 11) is 0. The van der Waals surface area contributed by atoms with Gasteiger partial charge in [-0.1, -0.05) is 6.07 Å². The van der Waals surface area contributed by atoms with Gasteiger partial charge in [0.25, 0.3) is 5.91 Å². The van der Waals surface area contributed by atoms with Crippen LogP contribution in [0.4, 0.5) is 8.78 Å². The molecule has 1 amide bonds. The molecule has 1 saturated carbocycles. The van der Waals surface area contributed by atoms with Gasteiger partial charge in [-0.05, 0) is 50.8 Å². The summed E-state index contributed by atoms with van der Waals surface area (Å²) in [5.74, 6) is -1.56. The molecule has 8 heteroatoms. The lowest BCUT2D eigenvalue weighted by Crippen LogP contribution is -2.51. The van der Waals surface area contributed by atoms with Crippen LogP contribution in [0.15, 0.2) is 30.5 Å². The number of benzene rings is 1. The molecular weight excluding hydrogens is 374 g/mol. The van der Waals surface area contributed by atoms with Crippen LogP contribution in [0, 0.1) is 11.6 Å². The third-order valence-corrected chi connectivity index (χ3v) is 5.49. The van der Waals surface area contributed by atoms with Crippen molar-refractivity contribution >= 4 is 18.3 Å². The minimum absolute atomic E-state index is 0. The second kappa shape index (κ2) is 7.94. The number of halogens is 3. The molecule has 2 fully saturated rings. The van der Waals surface area contributed by atoms with Crippen LogP contribution >= 0.6 is 12.4 Å². The van der Waals surface area contributed by atoms with Crippen LogP contribution in [-0.2, 0) is 5.54 Å². The monoisotopic (exact) mass is 396 g/mol. The van der Waals surface area contributed by atoms with Crippen molar-refractivity contribution in [1.82, 2.24) is 20.4 Å². The van der Waals surface area contributed by atoms with E-state index in [1.807, 2.05) is 10.9 Å². The van der Waals surface area contributed by atoms with Crippen LogP contribution in [-0.4, -0.2) is 28.8 Å². The highest BCUT2D eigenvalue weighted by atomic mass is 35.5. The van der Waals surface area contributed by atoms with Crippen LogP contribution in [0.1, 0.15) is 54.2 Å². The van der Waals surface area contributed by atoms with Crippen molar-refractivity contribution in [3.63, 3.8) is 0 Å². The molecular formula is C19H23ClF2N4O. The molecule has 27 heavy (non-hydrogen) atoms. The van der Waals surface area contributed by atoms with Crippen LogP contribution in [0.5, 0.6) is 0 Å². The van der Waals surface area contributed by atoms with Crippen molar-refractivity contribution in [2.24, 2.45) is 0 Å². The van der Waals surface area contributed by atoms with Gasteiger partial charge >= 0.3 is 0 Å². The van der Waals surface area contributed by atoms with E-state index in [0.29, 0.717) is 24.1 Å². The molecule has 2 aromatic rings. The van der Waals surface area contributed by atoms with E-state index in [-0.39, 0.29) is 24.4 Å². The Balaban J connectivity index is 0.00000210. The SMILES string of the molecule is Cl.O=C(NC1(c2ccc(F)cc2F)CCC1)c1ccn(C2CCCNC2)n1. The number of amides is 1. The Kier molecular flexibility index (Phi) is 5.81. The summed E-state index contributed by atoms with van der Waals surface area (Å²) in [6, 6.07) is 5.47. The molecule has 2 aliphatic rings. The summed E-state index contributed by atoms with van der Waals surface area (Å²) in [6.45, 7) is 1.85. The van der Waals surface area contributed by atoms with Gasteiger partial charge in [-0.3, -0.25) is 9.48 Å². The topological polar surface area (TPSA) is 59.0 Å². The molecule has 1 aromatic heterocycles. The zero-order chi connectivity index (χ0) is 18.1. The smallest absolute Gasteiger partial charge is 0.272 e. The average Bonchev–Trinajstić information content (AvgIpc) is 3.10. The molecule has 2 heterocycles. The third kappa shape index (κ3) is 3.84. The zero-order valence-corrected chi connectivity index (χ0v) is 15.7. The third-order valence-electron chi connectivity index (χ3n) is 5.49. The Morgan fingerprint density at radius 1 is 1.26 bits per heavy atom. The van der Waals surface area contributed by atoms with Gasteiger partial charge in [0.1, 0.15) is 17.3 Å². The molecule has 0 spiro atoms. The van der Waals surface area contributed by atoms with Crippen molar-refractivity contribution in [3.8, 4) is 0 Å². The van der Waals surface area contributed by atoms with Crippen molar-refractivity contribution < 1.29 is 13.6 Å². The van der Waals surface area contributed by atoms with E-state index in [4.69, 9.17) is 0 Å². The molecule has 146 valence electrons. The number of nitrogens with one attached hydrogen (secondary N) is 2. The number of aromatic nitrogens is 2. The van der Waals surface area contributed by atoms with E-state index in [1.54, 1.807) is 6.07 Å².